The van der Waals surface area contributed by atoms with E-state index in [-0.39, 0.29) is 0 Å². The summed E-state index contributed by atoms with van der Waals surface area (Å²) in [6, 6.07) is 3.62. The number of nitrogens with one attached hydrogen (secondary N) is 1. The molecule has 0 aliphatic carbocycles. The van der Waals surface area contributed by atoms with E-state index < -0.39 is 6.10 Å². The molecule has 20 heavy (non-hydrogen) atoms. The van der Waals surface area contributed by atoms with E-state index in [1.165, 1.54) is 22.7 Å². The molecule has 0 saturated heterocycles. The molecule has 3 aromatic rings. The van der Waals surface area contributed by atoms with E-state index in [1.807, 2.05) is 22.0 Å². The van der Waals surface area contributed by atoms with Crippen LogP contribution in [0, 0.1) is 0 Å². The number of halogens is 2. The van der Waals surface area contributed by atoms with Gasteiger partial charge in [-0.05, 0) is 12.1 Å². The predicted octanol–water partition coefficient (Wildman–Crippen LogP) is 3.59. The number of thiazole rings is 1. The SMILES string of the molecule is OC(CNCc1c(Cl)nc2sccn12)c1ccc(Cl)s1. The fraction of sp³-hybridized carbons (Fsp3) is 0.250. The van der Waals surface area contributed by atoms with Crippen molar-refractivity contribution in [2.24, 2.45) is 0 Å². The van der Waals surface area contributed by atoms with Crippen molar-refractivity contribution in [1.82, 2.24) is 14.7 Å². The Hall–Kier alpha value is -0.630. The average Bonchev–Trinajstić information content (AvgIpc) is 3.08. The van der Waals surface area contributed by atoms with Gasteiger partial charge in [0.25, 0.3) is 0 Å². The first kappa shape index (κ1) is 14.3. The molecule has 1 unspecified atom stereocenters. The highest BCUT2D eigenvalue weighted by Crippen LogP contribution is 2.26. The van der Waals surface area contributed by atoms with Crippen molar-refractivity contribution in [1.29, 1.82) is 0 Å². The van der Waals surface area contributed by atoms with Gasteiger partial charge in [0.2, 0.25) is 0 Å². The number of fused-ring (bicyclic) bond motifs is 1. The van der Waals surface area contributed by atoms with E-state index in [9.17, 15) is 5.11 Å². The standard InChI is InChI=1S/C12H11Cl2N3OS2/c13-10-2-1-9(20-10)8(18)6-15-5-7-11(14)16-12-17(7)3-4-19-12/h1-4,8,15,18H,5-6H2. The van der Waals surface area contributed by atoms with Gasteiger partial charge in [-0.1, -0.05) is 23.2 Å². The fourth-order valence-electron chi connectivity index (χ4n) is 1.90. The maximum absolute atomic E-state index is 10.0. The Balaban J connectivity index is 1.62. The monoisotopic (exact) mass is 347 g/mol. The maximum Gasteiger partial charge on any atom is 0.195 e. The van der Waals surface area contributed by atoms with Gasteiger partial charge in [-0.3, -0.25) is 4.40 Å². The Morgan fingerprint density at radius 1 is 1.40 bits per heavy atom. The third kappa shape index (κ3) is 2.86. The number of imidazole rings is 1. The molecule has 0 amide bonds. The van der Waals surface area contributed by atoms with Gasteiger partial charge in [-0.25, -0.2) is 4.98 Å². The van der Waals surface area contributed by atoms with E-state index in [0.29, 0.717) is 22.6 Å². The van der Waals surface area contributed by atoms with E-state index in [0.717, 1.165) is 15.5 Å². The topological polar surface area (TPSA) is 49.6 Å². The quantitative estimate of drug-likeness (QED) is 0.741. The largest absolute Gasteiger partial charge is 0.386 e. The van der Waals surface area contributed by atoms with E-state index >= 15 is 0 Å². The molecule has 1 atom stereocenters. The fourth-order valence-corrected chi connectivity index (χ4v) is 3.97. The van der Waals surface area contributed by atoms with Crippen molar-refractivity contribution < 1.29 is 5.11 Å². The summed E-state index contributed by atoms with van der Waals surface area (Å²) in [5, 5.41) is 15.7. The first-order chi connectivity index (χ1) is 9.65. The van der Waals surface area contributed by atoms with E-state index in [4.69, 9.17) is 23.2 Å². The van der Waals surface area contributed by atoms with Gasteiger partial charge in [0.05, 0.1) is 10.0 Å². The van der Waals surface area contributed by atoms with Crippen LogP contribution in [0.2, 0.25) is 9.49 Å². The Kier molecular flexibility index (Phi) is 4.30. The molecule has 2 N–H and O–H groups in total. The molecule has 0 aromatic carbocycles. The molecule has 106 valence electrons. The summed E-state index contributed by atoms with van der Waals surface area (Å²) in [5.74, 6) is 0. The highest BCUT2D eigenvalue weighted by atomic mass is 35.5. The lowest BCUT2D eigenvalue weighted by molar-refractivity contribution is 0.178. The van der Waals surface area contributed by atoms with Crippen LogP contribution in [0.5, 0.6) is 0 Å². The molecule has 0 aliphatic heterocycles. The lowest BCUT2D eigenvalue weighted by Gasteiger charge is -2.09. The number of aromatic nitrogens is 2. The first-order valence-electron chi connectivity index (χ1n) is 5.89. The summed E-state index contributed by atoms with van der Waals surface area (Å²) in [7, 11) is 0. The van der Waals surface area contributed by atoms with Gasteiger partial charge in [-0.2, -0.15) is 0 Å². The second-order valence-corrected chi connectivity index (χ2v) is 7.17. The molecule has 3 heterocycles. The van der Waals surface area contributed by atoms with Crippen LogP contribution < -0.4 is 5.32 Å². The molecule has 0 fully saturated rings. The minimum Gasteiger partial charge on any atom is -0.386 e. The van der Waals surface area contributed by atoms with Crippen LogP contribution >= 0.6 is 45.9 Å². The molecule has 3 rings (SSSR count). The molecule has 3 aromatic heterocycles. The number of thiophene rings is 1. The van der Waals surface area contributed by atoms with Crippen molar-refractivity contribution in [2.45, 2.75) is 12.6 Å². The van der Waals surface area contributed by atoms with Crippen LogP contribution in [0.4, 0.5) is 0 Å². The summed E-state index contributed by atoms with van der Waals surface area (Å²) in [5.41, 5.74) is 0.902. The van der Waals surface area contributed by atoms with Crippen molar-refractivity contribution >= 4 is 50.8 Å². The zero-order chi connectivity index (χ0) is 14.1. The molecular weight excluding hydrogens is 337 g/mol. The number of aliphatic hydroxyl groups is 1. The molecule has 8 heteroatoms. The number of rotatable bonds is 5. The van der Waals surface area contributed by atoms with Gasteiger partial charge in [0.1, 0.15) is 6.10 Å². The number of nitrogens with zero attached hydrogens (tertiary/aromatic N) is 2. The van der Waals surface area contributed by atoms with Crippen LogP contribution in [-0.2, 0) is 6.54 Å². The normalized spacial score (nSPS) is 13.2. The summed E-state index contributed by atoms with van der Waals surface area (Å²) in [6.07, 6.45) is 1.36. The van der Waals surface area contributed by atoms with Gasteiger partial charge in [0.15, 0.2) is 10.1 Å². The Morgan fingerprint density at radius 2 is 2.25 bits per heavy atom. The van der Waals surface area contributed by atoms with E-state index in [1.54, 1.807) is 6.07 Å². The van der Waals surface area contributed by atoms with Gasteiger partial charge >= 0.3 is 0 Å². The second kappa shape index (κ2) is 6.01. The van der Waals surface area contributed by atoms with E-state index in [2.05, 4.69) is 10.3 Å². The third-order valence-electron chi connectivity index (χ3n) is 2.86. The first-order valence-corrected chi connectivity index (χ1v) is 8.34. The highest BCUT2D eigenvalue weighted by Gasteiger charge is 2.13. The summed E-state index contributed by atoms with van der Waals surface area (Å²) in [6.45, 7) is 0.984. The highest BCUT2D eigenvalue weighted by molar-refractivity contribution is 7.16. The van der Waals surface area contributed by atoms with Crippen molar-refractivity contribution in [3.63, 3.8) is 0 Å². The van der Waals surface area contributed by atoms with Gasteiger partial charge in [0, 0.05) is 29.5 Å². The molecule has 0 aliphatic rings. The van der Waals surface area contributed by atoms with Gasteiger partial charge < -0.3 is 10.4 Å². The second-order valence-electron chi connectivity index (χ2n) is 4.19. The molecule has 4 nitrogen and oxygen atoms in total. The molecule has 0 bridgehead atoms. The lowest BCUT2D eigenvalue weighted by Crippen LogP contribution is -2.21. The molecule has 0 saturated carbocycles. The van der Waals surface area contributed by atoms with Crippen LogP contribution in [0.25, 0.3) is 4.96 Å². The van der Waals surface area contributed by atoms with Crippen LogP contribution in [0.15, 0.2) is 23.7 Å². The number of hydrogen-bond acceptors (Lipinski definition) is 5. The third-order valence-corrected chi connectivity index (χ3v) is 5.26. The minimum absolute atomic E-state index is 0.435. The summed E-state index contributed by atoms with van der Waals surface area (Å²) in [4.78, 5) is 5.98. The van der Waals surface area contributed by atoms with Crippen LogP contribution in [-0.4, -0.2) is 21.0 Å². The van der Waals surface area contributed by atoms with Crippen LogP contribution in [0.1, 0.15) is 16.7 Å². The Labute approximate surface area is 133 Å². The predicted molar refractivity (Wildman–Crippen MR) is 84.1 cm³/mol. The number of aliphatic hydroxyl groups excluding tert-OH is 1. The van der Waals surface area contributed by atoms with Crippen molar-refractivity contribution in [2.75, 3.05) is 6.54 Å². The summed E-state index contributed by atoms with van der Waals surface area (Å²) >= 11 is 14.9. The Bertz CT molecular complexity index is 721. The maximum atomic E-state index is 10.0. The molecule has 0 radical (unpaired) electrons. The Morgan fingerprint density at radius 3 is 3.00 bits per heavy atom. The van der Waals surface area contributed by atoms with Crippen LogP contribution in [0.3, 0.4) is 0 Å². The average molecular weight is 348 g/mol. The van der Waals surface area contributed by atoms with Crippen molar-refractivity contribution in [3.8, 4) is 0 Å². The zero-order valence-corrected chi connectivity index (χ0v) is 13.4. The smallest absolute Gasteiger partial charge is 0.195 e. The molecule has 0 spiro atoms. The zero-order valence-electron chi connectivity index (χ0n) is 10.2. The van der Waals surface area contributed by atoms with Gasteiger partial charge in [-0.15, -0.1) is 22.7 Å². The molecular formula is C12H11Cl2N3OS2. The lowest BCUT2D eigenvalue weighted by atomic mass is 10.3. The van der Waals surface area contributed by atoms with Crippen molar-refractivity contribution in [3.05, 3.63) is 43.8 Å². The number of hydrogen-bond donors (Lipinski definition) is 2. The summed E-state index contributed by atoms with van der Waals surface area (Å²) < 4.78 is 2.63. The minimum atomic E-state index is -0.572.